The Hall–Kier alpha value is -3.19. The van der Waals surface area contributed by atoms with E-state index in [0.29, 0.717) is 17.9 Å². The van der Waals surface area contributed by atoms with Crippen LogP contribution in [0.1, 0.15) is 12.5 Å². The number of carbonyl (C=O) groups excluding carboxylic acids is 2. The molecule has 6 nitrogen and oxygen atoms in total. The van der Waals surface area contributed by atoms with Gasteiger partial charge in [-0.25, -0.2) is 9.29 Å². The second-order valence-corrected chi connectivity index (χ2v) is 6.22. The number of aliphatic hydroxyl groups is 1. The van der Waals surface area contributed by atoms with Gasteiger partial charge in [-0.3, -0.25) is 9.59 Å². The van der Waals surface area contributed by atoms with Crippen LogP contribution in [0, 0.1) is 5.82 Å². The fourth-order valence-corrected chi connectivity index (χ4v) is 3.13. The van der Waals surface area contributed by atoms with E-state index in [1.165, 1.54) is 23.1 Å². The van der Waals surface area contributed by atoms with Crippen LogP contribution < -0.4 is 9.64 Å². The van der Waals surface area contributed by atoms with E-state index in [0.717, 1.165) is 4.90 Å². The van der Waals surface area contributed by atoms with Crippen LogP contribution in [0.15, 0.2) is 54.2 Å². The number of halogens is 1. The summed E-state index contributed by atoms with van der Waals surface area (Å²) in [5.74, 6) is -1.27. The SMILES string of the molecule is CCOc1ccc(C2=C(N(C)CCO)C(=O)N(c3ccccc3F)C2=O)cc1. The maximum Gasteiger partial charge on any atom is 0.282 e. The third-order valence-corrected chi connectivity index (χ3v) is 4.42. The van der Waals surface area contributed by atoms with Crippen molar-refractivity contribution >= 4 is 23.1 Å². The van der Waals surface area contributed by atoms with Crippen LogP contribution in [-0.4, -0.2) is 48.6 Å². The molecule has 1 aliphatic rings. The minimum atomic E-state index is -0.665. The number of aliphatic hydroxyl groups excluding tert-OH is 1. The zero-order valence-corrected chi connectivity index (χ0v) is 15.7. The Kier molecular flexibility index (Phi) is 5.75. The predicted octanol–water partition coefficient (Wildman–Crippen LogP) is 2.43. The van der Waals surface area contributed by atoms with Crippen molar-refractivity contribution in [3.8, 4) is 5.75 Å². The summed E-state index contributed by atoms with van der Waals surface area (Å²) in [6.07, 6.45) is 0. The summed E-state index contributed by atoms with van der Waals surface area (Å²) in [6, 6.07) is 12.4. The first-order valence-electron chi connectivity index (χ1n) is 8.92. The van der Waals surface area contributed by atoms with E-state index < -0.39 is 17.6 Å². The van der Waals surface area contributed by atoms with Crippen LogP contribution in [0.25, 0.3) is 5.57 Å². The molecule has 146 valence electrons. The fraction of sp³-hybridized carbons (Fsp3) is 0.238. The largest absolute Gasteiger partial charge is 0.494 e. The molecule has 0 fully saturated rings. The van der Waals surface area contributed by atoms with Gasteiger partial charge in [0.1, 0.15) is 17.3 Å². The number of hydrogen-bond donors (Lipinski definition) is 1. The van der Waals surface area contributed by atoms with Crippen LogP contribution in [0.5, 0.6) is 5.75 Å². The standard InChI is InChI=1S/C21H21FN2O4/c1-3-28-15-10-8-14(9-11-15)18-19(23(2)12-13-25)21(27)24(20(18)26)17-7-5-4-6-16(17)22/h4-11,25H,3,12-13H2,1-2H3. The Morgan fingerprint density at radius 1 is 1.07 bits per heavy atom. The van der Waals surface area contributed by atoms with E-state index in [1.54, 1.807) is 37.4 Å². The lowest BCUT2D eigenvalue weighted by atomic mass is 10.0. The number of benzene rings is 2. The molecule has 0 saturated carbocycles. The summed E-state index contributed by atoms with van der Waals surface area (Å²) in [5, 5.41) is 9.28. The maximum atomic E-state index is 14.3. The molecule has 0 saturated heterocycles. The highest BCUT2D eigenvalue weighted by atomic mass is 19.1. The van der Waals surface area contributed by atoms with Crippen LogP contribution in [-0.2, 0) is 9.59 Å². The van der Waals surface area contributed by atoms with Crippen molar-refractivity contribution in [2.24, 2.45) is 0 Å². The summed E-state index contributed by atoms with van der Waals surface area (Å²) >= 11 is 0. The monoisotopic (exact) mass is 384 g/mol. The molecule has 0 radical (unpaired) electrons. The number of ether oxygens (including phenoxy) is 1. The van der Waals surface area contributed by atoms with Gasteiger partial charge >= 0.3 is 0 Å². The number of amides is 2. The predicted molar refractivity (Wildman–Crippen MR) is 103 cm³/mol. The number of hydrogen-bond acceptors (Lipinski definition) is 5. The van der Waals surface area contributed by atoms with Crippen LogP contribution in [0.2, 0.25) is 0 Å². The van der Waals surface area contributed by atoms with Crippen molar-refractivity contribution in [2.75, 3.05) is 31.7 Å². The first-order chi connectivity index (χ1) is 13.5. The number of para-hydroxylation sites is 1. The Morgan fingerprint density at radius 2 is 1.75 bits per heavy atom. The molecule has 1 aliphatic heterocycles. The molecule has 2 aromatic carbocycles. The normalized spacial score (nSPS) is 14.1. The summed E-state index contributed by atoms with van der Waals surface area (Å²) in [6.45, 7) is 2.33. The lowest BCUT2D eigenvalue weighted by Crippen LogP contribution is -2.35. The van der Waals surface area contributed by atoms with E-state index in [9.17, 15) is 19.1 Å². The second kappa shape index (κ2) is 8.22. The maximum absolute atomic E-state index is 14.3. The number of likely N-dealkylation sites (N-methyl/N-ethyl adjacent to an activating group) is 1. The molecule has 0 aromatic heterocycles. The van der Waals surface area contributed by atoms with E-state index in [4.69, 9.17) is 4.74 Å². The molecule has 0 aliphatic carbocycles. The van der Waals surface area contributed by atoms with Gasteiger partial charge in [0.15, 0.2) is 0 Å². The van der Waals surface area contributed by atoms with Crippen molar-refractivity contribution in [2.45, 2.75) is 6.92 Å². The van der Waals surface area contributed by atoms with Crippen LogP contribution in [0.4, 0.5) is 10.1 Å². The Bertz CT molecular complexity index is 924. The summed E-state index contributed by atoms with van der Waals surface area (Å²) < 4.78 is 19.7. The summed E-state index contributed by atoms with van der Waals surface area (Å²) in [7, 11) is 1.61. The molecule has 3 rings (SSSR count). The van der Waals surface area contributed by atoms with Crippen LogP contribution >= 0.6 is 0 Å². The number of nitrogens with zero attached hydrogens (tertiary/aromatic N) is 2. The Morgan fingerprint density at radius 3 is 2.36 bits per heavy atom. The van der Waals surface area contributed by atoms with Crippen molar-refractivity contribution in [3.05, 3.63) is 65.6 Å². The third kappa shape index (κ3) is 3.48. The molecule has 28 heavy (non-hydrogen) atoms. The van der Waals surface area contributed by atoms with Crippen molar-refractivity contribution < 1.29 is 23.8 Å². The summed E-state index contributed by atoms with van der Waals surface area (Å²) in [4.78, 5) is 28.6. The number of rotatable bonds is 7. The van der Waals surface area contributed by atoms with Crippen molar-refractivity contribution in [1.82, 2.24) is 4.90 Å². The highest BCUT2D eigenvalue weighted by Gasteiger charge is 2.42. The van der Waals surface area contributed by atoms with E-state index in [-0.39, 0.29) is 30.1 Å². The van der Waals surface area contributed by atoms with E-state index in [1.807, 2.05) is 6.92 Å². The average Bonchev–Trinajstić information content (AvgIpc) is 2.94. The Labute approximate surface area is 162 Å². The molecule has 1 N–H and O–H groups in total. The molecule has 0 bridgehead atoms. The van der Waals surface area contributed by atoms with Gasteiger partial charge in [0.05, 0.1) is 24.5 Å². The number of carbonyl (C=O) groups is 2. The summed E-state index contributed by atoms with van der Waals surface area (Å²) in [5.41, 5.74) is 0.687. The third-order valence-electron chi connectivity index (χ3n) is 4.42. The topological polar surface area (TPSA) is 70.1 Å². The van der Waals surface area contributed by atoms with Gasteiger partial charge in [-0.15, -0.1) is 0 Å². The molecule has 0 unspecified atom stereocenters. The molecule has 0 atom stereocenters. The Balaban J connectivity index is 2.10. The van der Waals surface area contributed by atoms with Crippen molar-refractivity contribution in [3.63, 3.8) is 0 Å². The minimum absolute atomic E-state index is 0.103. The van der Waals surface area contributed by atoms with Gasteiger partial charge in [0, 0.05) is 13.6 Å². The molecular formula is C21H21FN2O4. The second-order valence-electron chi connectivity index (χ2n) is 6.22. The van der Waals surface area contributed by atoms with E-state index in [2.05, 4.69) is 0 Å². The van der Waals surface area contributed by atoms with E-state index >= 15 is 0 Å². The van der Waals surface area contributed by atoms with Gasteiger partial charge in [-0.2, -0.15) is 0 Å². The van der Waals surface area contributed by atoms with Gasteiger partial charge in [-0.1, -0.05) is 24.3 Å². The molecule has 2 aromatic rings. The fourth-order valence-electron chi connectivity index (χ4n) is 3.13. The molecule has 1 heterocycles. The molecule has 7 heteroatoms. The molecular weight excluding hydrogens is 363 g/mol. The van der Waals surface area contributed by atoms with Crippen molar-refractivity contribution in [1.29, 1.82) is 0 Å². The molecule has 2 amide bonds. The lowest BCUT2D eigenvalue weighted by Gasteiger charge is -2.20. The average molecular weight is 384 g/mol. The highest BCUT2D eigenvalue weighted by molar-refractivity contribution is 6.45. The zero-order chi connectivity index (χ0) is 20.3. The van der Waals surface area contributed by atoms with Gasteiger partial charge < -0.3 is 14.7 Å². The number of imide groups is 1. The molecule has 0 spiro atoms. The zero-order valence-electron chi connectivity index (χ0n) is 15.7. The lowest BCUT2D eigenvalue weighted by molar-refractivity contribution is -0.120. The minimum Gasteiger partial charge on any atom is -0.494 e. The quantitative estimate of drug-likeness (QED) is 0.743. The van der Waals surface area contributed by atoms with Gasteiger partial charge in [0.2, 0.25) is 0 Å². The van der Waals surface area contributed by atoms with Gasteiger partial charge in [-0.05, 0) is 36.8 Å². The first kappa shape index (κ1) is 19.6. The van der Waals surface area contributed by atoms with Gasteiger partial charge in [0.25, 0.3) is 11.8 Å². The van der Waals surface area contributed by atoms with Crippen LogP contribution in [0.3, 0.4) is 0 Å². The number of anilines is 1. The highest BCUT2D eigenvalue weighted by Crippen LogP contribution is 2.35. The first-order valence-corrected chi connectivity index (χ1v) is 8.92. The smallest absolute Gasteiger partial charge is 0.282 e.